The number of carbonyl (C=O) groups excluding carboxylic acids is 2. The molecule has 10 nitrogen and oxygen atoms in total. The molecule has 0 heterocycles. The van der Waals surface area contributed by atoms with Crippen molar-refractivity contribution < 1.29 is 37.8 Å². The van der Waals surface area contributed by atoms with E-state index in [-0.39, 0.29) is 5.56 Å². The van der Waals surface area contributed by atoms with Gasteiger partial charge >= 0.3 is 17.9 Å². The zero-order chi connectivity index (χ0) is 25.4. The highest BCUT2D eigenvalue weighted by atomic mass is 32.2. The van der Waals surface area contributed by atoms with Crippen molar-refractivity contribution in [3.05, 3.63) is 42.0 Å². The first kappa shape index (κ1) is 29.3. The number of aliphatic carboxylic acids is 1. The number of nitrogens with one attached hydrogen (secondary N) is 2. The summed E-state index contributed by atoms with van der Waals surface area (Å²) >= 11 is 0. The molecule has 0 spiro atoms. The first-order valence-electron chi connectivity index (χ1n) is 11.2. The molecule has 1 atom stereocenters. The molecule has 190 valence electrons. The molecule has 34 heavy (non-hydrogen) atoms. The van der Waals surface area contributed by atoms with Crippen molar-refractivity contribution in [2.24, 2.45) is 0 Å². The number of allylic oxidation sites excluding steroid dienone is 1. The first-order valence-corrected chi connectivity index (χ1v) is 13.1. The molecule has 0 aliphatic carbocycles. The van der Waals surface area contributed by atoms with Gasteiger partial charge in [0.1, 0.15) is 0 Å². The summed E-state index contributed by atoms with van der Waals surface area (Å²) in [6, 6.07) is 6.22. The molecule has 0 bridgehead atoms. The lowest BCUT2D eigenvalue weighted by atomic mass is 10.1. The van der Waals surface area contributed by atoms with E-state index in [0.29, 0.717) is 13.1 Å². The summed E-state index contributed by atoms with van der Waals surface area (Å²) in [6.07, 6.45) is 9.84. The quantitative estimate of drug-likeness (QED) is 0.109. The van der Waals surface area contributed by atoms with E-state index in [9.17, 15) is 27.9 Å². The summed E-state index contributed by atoms with van der Waals surface area (Å²) in [5, 5.41) is 21.1. The first-order chi connectivity index (χ1) is 16.1. The van der Waals surface area contributed by atoms with Crippen LogP contribution >= 0.6 is 0 Å². The number of hydrogen-bond acceptors (Lipinski definition) is 8. The molecule has 0 amide bonds. The molecule has 4 N–H and O–H groups in total. The van der Waals surface area contributed by atoms with Gasteiger partial charge in [-0.1, -0.05) is 37.8 Å². The number of esters is 2. The van der Waals surface area contributed by atoms with Crippen LogP contribution in [-0.4, -0.2) is 62.0 Å². The van der Waals surface area contributed by atoms with Crippen LogP contribution in [0.1, 0.15) is 61.7 Å². The van der Waals surface area contributed by atoms with E-state index < -0.39 is 40.5 Å². The van der Waals surface area contributed by atoms with Crippen LogP contribution in [0.15, 0.2) is 36.4 Å². The van der Waals surface area contributed by atoms with Crippen LogP contribution in [0, 0.1) is 0 Å². The molecule has 0 aliphatic rings. The van der Waals surface area contributed by atoms with Crippen LogP contribution < -0.4 is 10.0 Å². The Morgan fingerprint density at radius 1 is 1.00 bits per heavy atom. The SMILES string of the molecule is CS(=O)(=O)NCCCCCCCCC=CCNc1ccc(C(=O)OC(=O)C(O)CC(=O)O)cc1. The molecule has 0 saturated carbocycles. The van der Waals surface area contributed by atoms with Crippen molar-refractivity contribution in [3.8, 4) is 0 Å². The van der Waals surface area contributed by atoms with E-state index in [2.05, 4.69) is 20.9 Å². The summed E-state index contributed by atoms with van der Waals surface area (Å²) in [5.74, 6) is -3.65. The predicted octanol–water partition coefficient (Wildman–Crippen LogP) is 2.45. The Kier molecular flexibility index (Phi) is 13.7. The fourth-order valence-electron chi connectivity index (χ4n) is 2.92. The van der Waals surface area contributed by atoms with Gasteiger partial charge in [-0.25, -0.2) is 22.7 Å². The average Bonchev–Trinajstić information content (AvgIpc) is 2.76. The molecule has 11 heteroatoms. The van der Waals surface area contributed by atoms with Crippen LogP contribution in [0.4, 0.5) is 5.69 Å². The number of ether oxygens (including phenoxy) is 1. The fraction of sp³-hybridized carbons (Fsp3) is 0.522. The summed E-state index contributed by atoms with van der Waals surface area (Å²) < 4.78 is 28.8. The molecule has 0 aromatic heterocycles. The number of sulfonamides is 1. The van der Waals surface area contributed by atoms with E-state index >= 15 is 0 Å². The van der Waals surface area contributed by atoms with E-state index in [1.165, 1.54) is 12.1 Å². The van der Waals surface area contributed by atoms with Gasteiger partial charge in [-0.15, -0.1) is 0 Å². The maximum Gasteiger partial charge on any atom is 0.345 e. The average molecular weight is 499 g/mol. The lowest BCUT2D eigenvalue weighted by Crippen LogP contribution is -2.28. The number of hydrogen-bond donors (Lipinski definition) is 4. The number of carboxylic acids is 1. The Hall–Kier alpha value is -2.76. The molecule has 0 radical (unpaired) electrons. The molecule has 1 aromatic carbocycles. The highest BCUT2D eigenvalue weighted by Gasteiger charge is 2.23. The minimum atomic E-state index is -3.08. The zero-order valence-electron chi connectivity index (χ0n) is 19.4. The Morgan fingerprint density at radius 3 is 2.24 bits per heavy atom. The highest BCUT2D eigenvalue weighted by molar-refractivity contribution is 7.88. The van der Waals surface area contributed by atoms with Gasteiger partial charge in [0.15, 0.2) is 6.10 Å². The van der Waals surface area contributed by atoms with E-state index in [1.807, 2.05) is 6.08 Å². The molecule has 0 saturated heterocycles. The van der Waals surface area contributed by atoms with Crippen molar-refractivity contribution >= 4 is 33.6 Å². The highest BCUT2D eigenvalue weighted by Crippen LogP contribution is 2.12. The summed E-state index contributed by atoms with van der Waals surface area (Å²) in [6.45, 7) is 1.11. The van der Waals surface area contributed by atoms with Crippen molar-refractivity contribution in [1.29, 1.82) is 0 Å². The van der Waals surface area contributed by atoms with Crippen LogP contribution in [0.2, 0.25) is 0 Å². The Bertz CT molecular complexity index is 913. The van der Waals surface area contributed by atoms with Crippen LogP contribution in [-0.2, 0) is 24.3 Å². The minimum absolute atomic E-state index is 0.101. The normalized spacial score (nSPS) is 12.4. The Labute approximate surface area is 200 Å². The number of benzene rings is 1. The molecule has 1 unspecified atom stereocenters. The Balaban J connectivity index is 2.15. The standard InChI is InChI=1S/C23H34N2O8S/c1-34(31,32)25-16-10-8-6-4-2-3-5-7-9-15-24-19-13-11-18(12-14-19)22(29)33-23(30)20(26)17-21(27)28/h7,9,11-14,20,24-26H,2-6,8,10,15-17H2,1H3,(H,27,28). The smallest absolute Gasteiger partial charge is 0.345 e. The summed E-state index contributed by atoms with van der Waals surface area (Å²) in [4.78, 5) is 33.9. The third kappa shape index (κ3) is 14.4. The van der Waals surface area contributed by atoms with E-state index in [0.717, 1.165) is 56.9 Å². The molecule has 1 aromatic rings. The second kappa shape index (κ2) is 16.0. The summed E-state index contributed by atoms with van der Waals surface area (Å²) in [5.41, 5.74) is 0.868. The number of carbonyl (C=O) groups is 3. The fourth-order valence-corrected chi connectivity index (χ4v) is 3.44. The largest absolute Gasteiger partial charge is 0.481 e. The number of aliphatic hydroxyl groups is 1. The van der Waals surface area contributed by atoms with Gasteiger partial charge < -0.3 is 20.3 Å². The third-order valence-electron chi connectivity index (χ3n) is 4.71. The van der Waals surface area contributed by atoms with Gasteiger partial charge in [0, 0.05) is 18.8 Å². The number of unbranched alkanes of at least 4 members (excludes halogenated alkanes) is 6. The zero-order valence-corrected chi connectivity index (χ0v) is 20.2. The van der Waals surface area contributed by atoms with Crippen LogP contribution in [0.3, 0.4) is 0 Å². The van der Waals surface area contributed by atoms with Gasteiger partial charge in [-0.2, -0.15) is 0 Å². The van der Waals surface area contributed by atoms with E-state index in [1.54, 1.807) is 12.1 Å². The second-order valence-electron chi connectivity index (χ2n) is 7.83. The lowest BCUT2D eigenvalue weighted by molar-refractivity contribution is -0.153. The van der Waals surface area contributed by atoms with Gasteiger partial charge in [0.2, 0.25) is 10.0 Å². The van der Waals surface area contributed by atoms with Gasteiger partial charge in [0.25, 0.3) is 0 Å². The number of carboxylic acid groups (broad SMARTS) is 1. The summed E-state index contributed by atoms with van der Waals surface area (Å²) in [7, 11) is -3.08. The number of aliphatic hydroxyl groups excluding tert-OH is 1. The second-order valence-corrected chi connectivity index (χ2v) is 9.66. The van der Waals surface area contributed by atoms with Gasteiger partial charge in [-0.3, -0.25) is 4.79 Å². The van der Waals surface area contributed by atoms with Crippen molar-refractivity contribution in [2.45, 2.75) is 57.5 Å². The third-order valence-corrected chi connectivity index (χ3v) is 5.43. The molecule has 0 fully saturated rings. The van der Waals surface area contributed by atoms with Gasteiger partial charge in [0.05, 0.1) is 18.2 Å². The maximum atomic E-state index is 11.9. The number of rotatable bonds is 17. The monoisotopic (exact) mass is 498 g/mol. The van der Waals surface area contributed by atoms with Crippen LogP contribution in [0.25, 0.3) is 0 Å². The lowest BCUT2D eigenvalue weighted by Gasteiger charge is -2.08. The van der Waals surface area contributed by atoms with Gasteiger partial charge in [-0.05, 0) is 43.5 Å². The molecular weight excluding hydrogens is 464 g/mol. The topological polar surface area (TPSA) is 159 Å². The molecule has 1 rings (SSSR count). The van der Waals surface area contributed by atoms with Crippen LogP contribution in [0.5, 0.6) is 0 Å². The molecular formula is C23H34N2O8S. The van der Waals surface area contributed by atoms with Crippen molar-refractivity contribution in [3.63, 3.8) is 0 Å². The van der Waals surface area contributed by atoms with Crippen molar-refractivity contribution in [1.82, 2.24) is 4.72 Å². The minimum Gasteiger partial charge on any atom is -0.481 e. The van der Waals surface area contributed by atoms with Crippen molar-refractivity contribution in [2.75, 3.05) is 24.7 Å². The van der Waals surface area contributed by atoms with E-state index in [4.69, 9.17) is 5.11 Å². The number of anilines is 1. The molecule has 0 aliphatic heterocycles. The predicted molar refractivity (Wildman–Crippen MR) is 128 cm³/mol. The Morgan fingerprint density at radius 2 is 1.62 bits per heavy atom. The maximum absolute atomic E-state index is 11.9.